The summed E-state index contributed by atoms with van der Waals surface area (Å²) in [6, 6.07) is 0. The first-order valence-electron chi connectivity index (χ1n) is 2.07. The quantitative estimate of drug-likeness (QED) is 0.464. The Morgan fingerprint density at radius 1 is 1.71 bits per heavy atom. The molecule has 1 nitrogen and oxygen atoms in total. The fraction of sp³-hybridized carbons (Fsp3) is 0.400. The van der Waals surface area contributed by atoms with Gasteiger partial charge < -0.3 is 0 Å². The zero-order chi connectivity index (χ0) is 5.70. The zero-order valence-corrected chi connectivity index (χ0v) is 6.64. The van der Waals surface area contributed by atoms with Crippen LogP contribution in [0.15, 0.2) is 14.8 Å². The Labute approximate surface area is 57.7 Å². The summed E-state index contributed by atoms with van der Waals surface area (Å²) in [5, 5.41) is 0. The second-order valence-electron chi connectivity index (χ2n) is 1.12. The number of allylic oxidation sites excluding steroid dienone is 1. The fourth-order valence-electron chi connectivity index (χ4n) is 0.177. The lowest BCUT2D eigenvalue weighted by Crippen LogP contribution is -1.55. The van der Waals surface area contributed by atoms with Crippen LogP contribution in [-0.4, -0.2) is 6.21 Å². The van der Waals surface area contributed by atoms with Crippen molar-refractivity contribution in [1.29, 1.82) is 0 Å². The SMILES string of the molecule is CC=N/C=C(\C)I. The van der Waals surface area contributed by atoms with Gasteiger partial charge >= 0.3 is 0 Å². The van der Waals surface area contributed by atoms with Crippen molar-refractivity contribution in [3.05, 3.63) is 9.78 Å². The molecule has 0 aliphatic carbocycles. The normalized spacial score (nSPS) is 13.3. The molecule has 0 N–H and O–H groups in total. The van der Waals surface area contributed by atoms with Gasteiger partial charge in [-0.25, -0.2) is 0 Å². The van der Waals surface area contributed by atoms with E-state index in [-0.39, 0.29) is 0 Å². The summed E-state index contributed by atoms with van der Waals surface area (Å²) in [5.74, 6) is 0. The molecule has 0 aromatic rings. The van der Waals surface area contributed by atoms with Crippen molar-refractivity contribution in [2.45, 2.75) is 13.8 Å². The van der Waals surface area contributed by atoms with Crippen molar-refractivity contribution < 1.29 is 0 Å². The van der Waals surface area contributed by atoms with E-state index >= 15 is 0 Å². The van der Waals surface area contributed by atoms with Gasteiger partial charge in [-0.1, -0.05) is 0 Å². The van der Waals surface area contributed by atoms with Gasteiger partial charge in [0.15, 0.2) is 0 Å². The van der Waals surface area contributed by atoms with E-state index in [9.17, 15) is 0 Å². The van der Waals surface area contributed by atoms with Gasteiger partial charge in [0.2, 0.25) is 0 Å². The highest BCUT2D eigenvalue weighted by Gasteiger charge is 1.68. The molecule has 0 saturated heterocycles. The molecule has 0 aromatic heterocycles. The Balaban J connectivity index is 3.46. The molecule has 7 heavy (non-hydrogen) atoms. The molecule has 0 saturated carbocycles. The predicted octanol–water partition coefficient (Wildman–Crippen LogP) is 2.37. The molecular weight excluding hydrogens is 201 g/mol. The van der Waals surface area contributed by atoms with Gasteiger partial charge in [-0.2, -0.15) is 0 Å². The van der Waals surface area contributed by atoms with Crippen molar-refractivity contribution in [2.24, 2.45) is 4.99 Å². The number of hydrogen-bond acceptors (Lipinski definition) is 1. The van der Waals surface area contributed by atoms with E-state index < -0.39 is 0 Å². The van der Waals surface area contributed by atoms with Crippen molar-refractivity contribution in [3.8, 4) is 0 Å². The lowest BCUT2D eigenvalue weighted by atomic mass is 10.7. The van der Waals surface area contributed by atoms with Crippen LogP contribution < -0.4 is 0 Å². The maximum absolute atomic E-state index is 3.88. The minimum absolute atomic E-state index is 1.20. The molecule has 0 radical (unpaired) electrons. The first kappa shape index (κ1) is 7.14. The van der Waals surface area contributed by atoms with Crippen LogP contribution in [0.4, 0.5) is 0 Å². The predicted molar refractivity (Wildman–Crippen MR) is 41.9 cm³/mol. The smallest absolute Gasteiger partial charge is 0.0353 e. The monoisotopic (exact) mass is 209 g/mol. The molecule has 0 heterocycles. The largest absolute Gasteiger partial charge is 0.269 e. The standard InChI is InChI=1S/C5H8IN/c1-3-7-4-5(2)6/h3-4H,1-2H3/b5-4+,7-3?. The van der Waals surface area contributed by atoms with Crippen LogP contribution in [0.3, 0.4) is 0 Å². The van der Waals surface area contributed by atoms with E-state index in [4.69, 9.17) is 0 Å². The zero-order valence-electron chi connectivity index (χ0n) is 4.48. The van der Waals surface area contributed by atoms with Gasteiger partial charge in [-0.05, 0) is 36.4 Å². The van der Waals surface area contributed by atoms with Crippen molar-refractivity contribution in [3.63, 3.8) is 0 Å². The summed E-state index contributed by atoms with van der Waals surface area (Å²) in [4.78, 5) is 3.88. The van der Waals surface area contributed by atoms with E-state index in [1.54, 1.807) is 6.21 Å². The Morgan fingerprint density at radius 2 is 2.29 bits per heavy atom. The maximum Gasteiger partial charge on any atom is 0.0353 e. The van der Waals surface area contributed by atoms with Crippen LogP contribution in [0.5, 0.6) is 0 Å². The van der Waals surface area contributed by atoms with Crippen molar-refractivity contribution in [2.75, 3.05) is 0 Å². The van der Waals surface area contributed by atoms with Gasteiger partial charge in [0.1, 0.15) is 0 Å². The second kappa shape index (κ2) is 4.30. The maximum atomic E-state index is 3.88. The highest BCUT2D eigenvalue weighted by atomic mass is 127. The fourth-order valence-corrected chi connectivity index (χ4v) is 0.338. The molecule has 0 aromatic carbocycles. The molecule has 40 valence electrons. The molecule has 0 atom stereocenters. The Hall–Kier alpha value is 0.140. The molecule has 0 spiro atoms. The topological polar surface area (TPSA) is 12.4 Å². The molecule has 0 amide bonds. The lowest BCUT2D eigenvalue weighted by Gasteiger charge is -1.75. The average Bonchev–Trinajstić information content (AvgIpc) is 1.61. The van der Waals surface area contributed by atoms with Gasteiger partial charge in [-0.15, -0.1) is 0 Å². The summed E-state index contributed by atoms with van der Waals surface area (Å²) < 4.78 is 1.20. The minimum atomic E-state index is 1.20. The highest BCUT2D eigenvalue weighted by molar-refractivity contribution is 14.1. The van der Waals surface area contributed by atoms with Crippen molar-refractivity contribution in [1.82, 2.24) is 0 Å². The molecule has 0 unspecified atom stereocenters. The van der Waals surface area contributed by atoms with Gasteiger partial charge in [-0.3, -0.25) is 4.99 Å². The van der Waals surface area contributed by atoms with Crippen LogP contribution in [0.2, 0.25) is 0 Å². The van der Waals surface area contributed by atoms with Crippen LogP contribution in [0.1, 0.15) is 13.8 Å². The summed E-state index contributed by atoms with van der Waals surface area (Å²) in [6.45, 7) is 3.91. The van der Waals surface area contributed by atoms with Crippen molar-refractivity contribution >= 4 is 28.8 Å². The third-order valence-electron chi connectivity index (χ3n) is 0.402. The van der Waals surface area contributed by atoms with E-state index in [1.807, 2.05) is 20.0 Å². The van der Waals surface area contributed by atoms with E-state index in [0.717, 1.165) is 0 Å². The van der Waals surface area contributed by atoms with Gasteiger partial charge in [0.05, 0.1) is 0 Å². The number of halogens is 1. The Morgan fingerprint density at radius 3 is 2.43 bits per heavy atom. The number of hydrogen-bond donors (Lipinski definition) is 0. The molecule has 0 rings (SSSR count). The molecule has 0 aliphatic rings. The van der Waals surface area contributed by atoms with E-state index in [0.29, 0.717) is 0 Å². The summed E-state index contributed by atoms with van der Waals surface area (Å²) in [5.41, 5.74) is 0. The highest BCUT2D eigenvalue weighted by Crippen LogP contribution is 2.01. The van der Waals surface area contributed by atoms with Crippen LogP contribution in [-0.2, 0) is 0 Å². The Bertz CT molecular complexity index is 90.3. The molecular formula is C5H8IN. The van der Waals surface area contributed by atoms with Gasteiger partial charge in [0.25, 0.3) is 0 Å². The van der Waals surface area contributed by atoms with Crippen LogP contribution in [0.25, 0.3) is 0 Å². The third kappa shape index (κ3) is 6.14. The van der Waals surface area contributed by atoms with E-state index in [2.05, 4.69) is 27.6 Å². The number of nitrogens with zero attached hydrogens (tertiary/aromatic N) is 1. The number of aliphatic imine (C=N–C) groups is 1. The second-order valence-corrected chi connectivity index (χ2v) is 2.82. The third-order valence-corrected chi connectivity index (χ3v) is 0.680. The van der Waals surface area contributed by atoms with E-state index in [1.165, 1.54) is 3.58 Å². The van der Waals surface area contributed by atoms with Gasteiger partial charge in [0, 0.05) is 16.0 Å². The molecule has 0 fully saturated rings. The average molecular weight is 209 g/mol. The molecule has 0 aliphatic heterocycles. The van der Waals surface area contributed by atoms with Crippen LogP contribution in [0, 0.1) is 0 Å². The lowest BCUT2D eigenvalue weighted by molar-refractivity contribution is 1.52. The summed E-state index contributed by atoms with van der Waals surface area (Å²) >= 11 is 2.21. The molecule has 0 bridgehead atoms. The van der Waals surface area contributed by atoms with Crippen LogP contribution >= 0.6 is 22.6 Å². The summed E-state index contributed by atoms with van der Waals surface area (Å²) in [7, 11) is 0. The Kier molecular flexibility index (Phi) is 4.39. The minimum Gasteiger partial charge on any atom is -0.269 e. The molecule has 2 heteroatoms. The number of rotatable bonds is 1. The first-order chi connectivity index (χ1) is 3.27. The first-order valence-corrected chi connectivity index (χ1v) is 3.15. The summed E-state index contributed by atoms with van der Waals surface area (Å²) in [6.07, 6.45) is 3.59.